The number of hydrogen-bond acceptors (Lipinski definition) is 6. The van der Waals surface area contributed by atoms with E-state index in [1.54, 1.807) is 7.11 Å². The van der Waals surface area contributed by atoms with Crippen LogP contribution in [0, 0.1) is 0 Å². The molecule has 2 atom stereocenters. The molecule has 3 saturated heterocycles. The van der Waals surface area contributed by atoms with E-state index in [-0.39, 0.29) is 18.2 Å². The number of amides is 2. The number of hydrogen-bond donors (Lipinski definition) is 1. The number of likely N-dealkylation sites (tertiary alicyclic amines) is 1. The first-order valence-corrected chi connectivity index (χ1v) is 10.3. The second kappa shape index (κ2) is 6.92. The van der Waals surface area contributed by atoms with Crippen molar-refractivity contribution in [3.63, 3.8) is 0 Å². The molecule has 27 heavy (non-hydrogen) atoms. The van der Waals surface area contributed by atoms with Crippen LogP contribution < -0.4 is 10.1 Å². The molecule has 2 amide bonds. The summed E-state index contributed by atoms with van der Waals surface area (Å²) in [6, 6.07) is 4.22. The van der Waals surface area contributed by atoms with Gasteiger partial charge in [-0.15, -0.1) is 0 Å². The van der Waals surface area contributed by atoms with Crippen molar-refractivity contribution < 1.29 is 19.0 Å². The van der Waals surface area contributed by atoms with E-state index in [0.717, 1.165) is 48.4 Å². The first-order valence-electron chi connectivity index (χ1n) is 9.47. The van der Waals surface area contributed by atoms with E-state index in [1.165, 1.54) is 16.9 Å². The van der Waals surface area contributed by atoms with Crippen molar-refractivity contribution in [1.82, 2.24) is 9.88 Å². The van der Waals surface area contributed by atoms with Gasteiger partial charge >= 0.3 is 6.03 Å². The smallest absolute Gasteiger partial charge is 0.324 e. The molecule has 0 saturated carbocycles. The van der Waals surface area contributed by atoms with Crippen molar-refractivity contribution in [2.75, 3.05) is 38.8 Å². The average molecular weight is 389 g/mol. The minimum atomic E-state index is -0.0866. The molecule has 3 fully saturated rings. The summed E-state index contributed by atoms with van der Waals surface area (Å²) in [5, 5.41) is 3.62. The Bertz CT molecular complexity index is 864. The molecule has 3 aliphatic rings. The summed E-state index contributed by atoms with van der Waals surface area (Å²) in [4.78, 5) is 19.3. The van der Waals surface area contributed by atoms with Crippen LogP contribution in [0.1, 0.15) is 30.7 Å². The molecule has 5 rings (SSSR count). The van der Waals surface area contributed by atoms with Gasteiger partial charge in [-0.05, 0) is 36.8 Å². The molecule has 7 nitrogen and oxygen atoms in total. The quantitative estimate of drug-likeness (QED) is 0.873. The van der Waals surface area contributed by atoms with Gasteiger partial charge in [-0.3, -0.25) is 5.32 Å². The molecular weight excluding hydrogens is 366 g/mol. The average Bonchev–Trinajstić information content (AvgIpc) is 3.43. The van der Waals surface area contributed by atoms with Crippen molar-refractivity contribution in [3.8, 4) is 5.75 Å². The number of urea groups is 1. The number of nitrogens with one attached hydrogen (secondary N) is 1. The standard InChI is InChI=1S/C19H23N3O4S/c1-24-15-3-2-14(11-4-6-25-7-5-11)17-16(15)20-18(27-17)21-19(23)22-9-13-8-12(22)10-26-13/h2-3,11-13H,4-10H2,1H3,(H,20,21,23). The minimum absolute atomic E-state index is 0.0866. The fraction of sp³-hybridized carbons (Fsp3) is 0.579. The first-order chi connectivity index (χ1) is 13.2. The summed E-state index contributed by atoms with van der Waals surface area (Å²) < 4.78 is 17.7. The molecule has 0 spiro atoms. The predicted octanol–water partition coefficient (Wildman–Crippen LogP) is 3.20. The molecule has 1 aromatic heterocycles. The summed E-state index contributed by atoms with van der Waals surface area (Å²) in [6.45, 7) is 2.89. The summed E-state index contributed by atoms with van der Waals surface area (Å²) in [7, 11) is 1.65. The number of methoxy groups -OCH3 is 1. The molecule has 3 aliphatic heterocycles. The lowest BCUT2D eigenvalue weighted by molar-refractivity contribution is 0.0473. The van der Waals surface area contributed by atoms with Gasteiger partial charge in [-0.25, -0.2) is 9.78 Å². The number of anilines is 1. The number of rotatable bonds is 3. The van der Waals surface area contributed by atoms with E-state index >= 15 is 0 Å². The van der Waals surface area contributed by atoms with E-state index in [9.17, 15) is 4.79 Å². The van der Waals surface area contributed by atoms with Gasteiger partial charge in [-0.1, -0.05) is 17.4 Å². The third-order valence-corrected chi connectivity index (χ3v) is 6.81. The Morgan fingerprint density at radius 3 is 2.93 bits per heavy atom. The number of benzene rings is 1. The molecule has 1 N–H and O–H groups in total. The van der Waals surface area contributed by atoms with Crippen molar-refractivity contribution in [2.24, 2.45) is 0 Å². The molecule has 2 unspecified atom stereocenters. The number of fused-ring (bicyclic) bond motifs is 3. The third kappa shape index (κ3) is 3.05. The highest BCUT2D eigenvalue weighted by Crippen LogP contribution is 2.41. The number of aromatic nitrogens is 1. The Morgan fingerprint density at radius 2 is 2.22 bits per heavy atom. The van der Waals surface area contributed by atoms with E-state index in [4.69, 9.17) is 14.2 Å². The molecule has 4 heterocycles. The predicted molar refractivity (Wildman–Crippen MR) is 103 cm³/mol. The fourth-order valence-electron chi connectivity index (χ4n) is 4.36. The topological polar surface area (TPSA) is 72.9 Å². The zero-order chi connectivity index (χ0) is 18.4. The number of thiazole rings is 1. The fourth-order valence-corrected chi connectivity index (χ4v) is 5.43. The maximum Gasteiger partial charge on any atom is 0.324 e. The summed E-state index contributed by atoms with van der Waals surface area (Å²) >= 11 is 1.53. The Hall–Kier alpha value is -1.90. The van der Waals surface area contributed by atoms with E-state index in [0.29, 0.717) is 24.2 Å². The third-order valence-electron chi connectivity index (χ3n) is 5.79. The highest BCUT2D eigenvalue weighted by Gasteiger charge is 2.41. The highest BCUT2D eigenvalue weighted by molar-refractivity contribution is 7.22. The van der Waals surface area contributed by atoms with E-state index < -0.39 is 0 Å². The number of carbonyl (C=O) groups excluding carboxylic acids is 1. The molecule has 2 bridgehead atoms. The normalized spacial score (nSPS) is 25.3. The molecule has 144 valence electrons. The van der Waals surface area contributed by atoms with Gasteiger partial charge in [0.15, 0.2) is 5.13 Å². The Morgan fingerprint density at radius 1 is 1.37 bits per heavy atom. The molecule has 1 aromatic carbocycles. The molecule has 2 aromatic rings. The van der Waals surface area contributed by atoms with Gasteiger partial charge in [0.1, 0.15) is 11.3 Å². The van der Waals surface area contributed by atoms with Gasteiger partial charge < -0.3 is 19.1 Å². The van der Waals surface area contributed by atoms with Crippen LogP contribution in [0.25, 0.3) is 10.2 Å². The van der Waals surface area contributed by atoms with Gasteiger partial charge in [0.2, 0.25) is 0 Å². The molecular formula is C19H23N3O4S. The maximum atomic E-state index is 12.7. The van der Waals surface area contributed by atoms with Crippen molar-refractivity contribution in [2.45, 2.75) is 37.3 Å². The van der Waals surface area contributed by atoms with Crippen LogP contribution in [-0.2, 0) is 9.47 Å². The van der Waals surface area contributed by atoms with Crippen molar-refractivity contribution in [3.05, 3.63) is 17.7 Å². The van der Waals surface area contributed by atoms with Crippen LogP contribution in [0.2, 0.25) is 0 Å². The summed E-state index contributed by atoms with van der Waals surface area (Å²) in [5.74, 6) is 1.20. The first kappa shape index (κ1) is 17.2. The lowest BCUT2D eigenvalue weighted by atomic mass is 9.91. The van der Waals surface area contributed by atoms with Crippen LogP contribution in [0.3, 0.4) is 0 Å². The second-order valence-electron chi connectivity index (χ2n) is 7.37. The summed E-state index contributed by atoms with van der Waals surface area (Å²) in [5.41, 5.74) is 2.11. The van der Waals surface area contributed by atoms with Gasteiger partial charge in [0.05, 0.1) is 30.6 Å². The van der Waals surface area contributed by atoms with Crippen LogP contribution in [0.4, 0.5) is 9.93 Å². The van der Waals surface area contributed by atoms with Crippen molar-refractivity contribution in [1.29, 1.82) is 0 Å². The van der Waals surface area contributed by atoms with Crippen LogP contribution in [0.15, 0.2) is 12.1 Å². The second-order valence-corrected chi connectivity index (χ2v) is 8.37. The number of ether oxygens (including phenoxy) is 3. The Balaban J connectivity index is 1.44. The lowest BCUT2D eigenvalue weighted by Crippen LogP contribution is -2.43. The van der Waals surface area contributed by atoms with E-state index in [2.05, 4.69) is 16.4 Å². The summed E-state index contributed by atoms with van der Waals surface area (Å²) in [6.07, 6.45) is 3.15. The van der Waals surface area contributed by atoms with Crippen LogP contribution >= 0.6 is 11.3 Å². The SMILES string of the molecule is COc1ccc(C2CCOCC2)c2sc(NC(=O)N3CC4CC3CO4)nc12. The monoisotopic (exact) mass is 389 g/mol. The van der Waals surface area contributed by atoms with Crippen LogP contribution in [0.5, 0.6) is 5.75 Å². The Labute approximate surface area is 161 Å². The zero-order valence-electron chi connectivity index (χ0n) is 15.3. The largest absolute Gasteiger partial charge is 0.494 e. The van der Waals surface area contributed by atoms with Gasteiger partial charge in [-0.2, -0.15) is 0 Å². The number of nitrogens with zero attached hydrogens (tertiary/aromatic N) is 2. The number of carbonyl (C=O) groups is 1. The number of morpholine rings is 1. The molecule has 0 aliphatic carbocycles. The maximum absolute atomic E-state index is 12.7. The van der Waals surface area contributed by atoms with Crippen LogP contribution in [-0.4, -0.2) is 61.5 Å². The van der Waals surface area contributed by atoms with Crippen molar-refractivity contribution >= 4 is 32.7 Å². The molecule has 0 radical (unpaired) electrons. The van der Waals surface area contributed by atoms with Gasteiger partial charge in [0, 0.05) is 19.8 Å². The van der Waals surface area contributed by atoms with Gasteiger partial charge in [0.25, 0.3) is 0 Å². The lowest BCUT2D eigenvalue weighted by Gasteiger charge is -2.26. The van der Waals surface area contributed by atoms with E-state index in [1.807, 2.05) is 11.0 Å². The zero-order valence-corrected chi connectivity index (χ0v) is 16.1. The minimum Gasteiger partial charge on any atom is -0.494 e. The Kier molecular flexibility index (Phi) is 4.41. The highest BCUT2D eigenvalue weighted by atomic mass is 32.1. The molecule has 8 heteroatoms.